The first-order valence-corrected chi connectivity index (χ1v) is 21.6. The predicted octanol–water partition coefficient (Wildman–Crippen LogP) is 6.69. The number of aryl methyl sites for hydroxylation is 1. The van der Waals surface area contributed by atoms with Gasteiger partial charge in [-0.1, -0.05) is 69.4 Å². The van der Waals surface area contributed by atoms with E-state index in [1.807, 2.05) is 43.5 Å². The number of thioether (sulfide) groups is 1. The smallest absolute Gasteiger partial charge is 0.326 e. The van der Waals surface area contributed by atoms with Crippen LogP contribution in [-0.4, -0.2) is 97.2 Å². The first-order chi connectivity index (χ1) is 24.2. The number of amides is 1. The van der Waals surface area contributed by atoms with Gasteiger partial charge in [0, 0.05) is 37.6 Å². The van der Waals surface area contributed by atoms with Gasteiger partial charge in [0.25, 0.3) is 5.91 Å². The van der Waals surface area contributed by atoms with Crippen LogP contribution in [0.25, 0.3) is 11.1 Å². The highest BCUT2D eigenvalue weighted by molar-refractivity contribution is 7.98. The molecule has 1 saturated heterocycles. The van der Waals surface area contributed by atoms with Crippen molar-refractivity contribution >= 4 is 39.4 Å². The van der Waals surface area contributed by atoms with Crippen molar-refractivity contribution in [1.29, 1.82) is 0 Å². The summed E-state index contributed by atoms with van der Waals surface area (Å²) in [5.41, 5.74) is 4.10. The number of hydrogen-bond donors (Lipinski definition) is 3. The van der Waals surface area contributed by atoms with Crippen molar-refractivity contribution < 1.29 is 37.8 Å². The lowest BCUT2D eigenvalue weighted by molar-refractivity contribution is -0.141. The lowest BCUT2D eigenvalue weighted by atomic mass is 9.84. The first kappa shape index (κ1) is 42.5. The Kier molecular flexibility index (Phi) is 17.4. The summed E-state index contributed by atoms with van der Waals surface area (Å²) in [6.45, 7) is 5.17. The molecule has 2 aliphatic rings. The van der Waals surface area contributed by atoms with Crippen LogP contribution in [0.1, 0.15) is 92.6 Å². The van der Waals surface area contributed by atoms with E-state index in [9.17, 15) is 27.9 Å². The van der Waals surface area contributed by atoms with Gasteiger partial charge in [-0.05, 0) is 91.3 Å². The van der Waals surface area contributed by atoms with Crippen molar-refractivity contribution in [2.75, 3.05) is 37.7 Å². The van der Waals surface area contributed by atoms with Crippen LogP contribution in [-0.2, 0) is 30.7 Å². The van der Waals surface area contributed by atoms with Crippen molar-refractivity contribution in [2.24, 2.45) is 11.8 Å². The number of benzene rings is 2. The van der Waals surface area contributed by atoms with E-state index in [0.717, 1.165) is 59.6 Å². The number of carboxylic acids is 2. The van der Waals surface area contributed by atoms with E-state index < -0.39 is 33.7 Å². The van der Waals surface area contributed by atoms with Crippen molar-refractivity contribution in [3.8, 4) is 11.1 Å². The quantitative estimate of drug-likeness (QED) is 0.160. The summed E-state index contributed by atoms with van der Waals surface area (Å²) < 4.78 is 28.9. The van der Waals surface area contributed by atoms with Gasteiger partial charge in [0.05, 0.1) is 18.3 Å². The zero-order valence-electron chi connectivity index (χ0n) is 30.9. The van der Waals surface area contributed by atoms with Crippen LogP contribution in [0.15, 0.2) is 42.5 Å². The number of hydrogen-bond acceptors (Lipinski definition) is 8. The minimum atomic E-state index is -3.38. The molecule has 4 atom stereocenters. The third-order valence-corrected chi connectivity index (χ3v) is 11.8. The molecule has 0 spiro atoms. The molecule has 12 heteroatoms. The molecule has 1 aliphatic carbocycles. The van der Waals surface area contributed by atoms with E-state index in [-0.39, 0.29) is 18.1 Å². The Balaban J connectivity index is 0.000000688. The Morgan fingerprint density at radius 1 is 0.961 bits per heavy atom. The van der Waals surface area contributed by atoms with Crippen LogP contribution in [0, 0.1) is 18.8 Å². The summed E-state index contributed by atoms with van der Waals surface area (Å²) in [4.78, 5) is 38.2. The van der Waals surface area contributed by atoms with Crippen LogP contribution in [0.5, 0.6) is 0 Å². The van der Waals surface area contributed by atoms with E-state index in [1.165, 1.54) is 44.9 Å². The number of rotatable bonds is 17. The zero-order chi connectivity index (χ0) is 37.6. The maximum absolute atomic E-state index is 13.5. The fourth-order valence-electron chi connectivity index (χ4n) is 7.14. The Hall–Kier alpha value is -2.93. The highest BCUT2D eigenvalue weighted by atomic mass is 32.2. The summed E-state index contributed by atoms with van der Waals surface area (Å²) in [5, 5.41) is 20.7. The number of nitrogens with zero attached hydrogens (tertiary/aromatic N) is 1. The molecule has 0 bridgehead atoms. The Bertz CT molecular complexity index is 1540. The Labute approximate surface area is 309 Å². The monoisotopic (exact) mass is 746 g/mol. The normalized spacial score (nSPS) is 19.5. The lowest BCUT2D eigenvalue weighted by Crippen LogP contribution is -2.42. The number of carbonyl (C=O) groups excluding carboxylic acids is 1. The van der Waals surface area contributed by atoms with Gasteiger partial charge in [-0.3, -0.25) is 14.5 Å². The van der Waals surface area contributed by atoms with Gasteiger partial charge in [-0.2, -0.15) is 11.8 Å². The molecule has 2 fully saturated rings. The van der Waals surface area contributed by atoms with E-state index in [4.69, 9.17) is 9.84 Å². The van der Waals surface area contributed by atoms with Gasteiger partial charge < -0.3 is 20.3 Å². The predicted molar refractivity (Wildman–Crippen MR) is 205 cm³/mol. The molecule has 0 radical (unpaired) electrons. The largest absolute Gasteiger partial charge is 0.481 e. The second-order valence-corrected chi connectivity index (χ2v) is 17.5. The van der Waals surface area contributed by atoms with Crippen molar-refractivity contribution in [1.82, 2.24) is 10.2 Å². The number of carboxylic acid groups (broad SMARTS) is 2. The van der Waals surface area contributed by atoms with E-state index in [0.29, 0.717) is 24.3 Å². The number of methoxy groups -OCH3 is 1. The molecular formula is C39H58N2O8S2. The summed E-state index contributed by atoms with van der Waals surface area (Å²) in [7, 11) is -1.62. The number of aliphatic carboxylic acids is 2. The van der Waals surface area contributed by atoms with E-state index in [1.54, 1.807) is 31.9 Å². The first-order valence-electron chi connectivity index (χ1n) is 18.1. The van der Waals surface area contributed by atoms with Gasteiger partial charge in [-0.15, -0.1) is 0 Å². The molecule has 1 heterocycles. The van der Waals surface area contributed by atoms with Crippen LogP contribution < -0.4 is 5.32 Å². The summed E-state index contributed by atoms with van der Waals surface area (Å²) in [6.07, 6.45) is 13.8. The van der Waals surface area contributed by atoms with Gasteiger partial charge in [0.15, 0.2) is 0 Å². The van der Waals surface area contributed by atoms with Crippen molar-refractivity contribution in [3.05, 3.63) is 59.2 Å². The van der Waals surface area contributed by atoms with Crippen molar-refractivity contribution in [3.63, 3.8) is 0 Å². The minimum Gasteiger partial charge on any atom is -0.481 e. The molecule has 4 rings (SSSR count). The Morgan fingerprint density at radius 2 is 1.65 bits per heavy atom. The van der Waals surface area contributed by atoms with E-state index >= 15 is 0 Å². The summed E-state index contributed by atoms with van der Waals surface area (Å²) in [5.74, 6) is -1.27. The molecular weight excluding hydrogens is 689 g/mol. The third-order valence-electron chi connectivity index (χ3n) is 10.1. The molecule has 1 amide bonds. The molecule has 3 N–H and O–H groups in total. The van der Waals surface area contributed by atoms with Gasteiger partial charge in [-0.25, -0.2) is 13.2 Å². The van der Waals surface area contributed by atoms with Gasteiger partial charge >= 0.3 is 11.9 Å². The fraction of sp³-hybridized carbons (Fsp3) is 0.615. The van der Waals surface area contributed by atoms with Crippen molar-refractivity contribution in [2.45, 2.75) is 103 Å². The molecule has 3 unspecified atom stereocenters. The highest BCUT2D eigenvalue weighted by Crippen LogP contribution is 2.36. The number of ether oxygens (including phenoxy) is 1. The van der Waals surface area contributed by atoms with Crippen LogP contribution >= 0.6 is 11.8 Å². The highest BCUT2D eigenvalue weighted by Gasteiger charge is 2.35. The molecule has 51 heavy (non-hydrogen) atoms. The van der Waals surface area contributed by atoms with Crippen LogP contribution in [0.2, 0.25) is 0 Å². The van der Waals surface area contributed by atoms with Gasteiger partial charge in [0.1, 0.15) is 15.9 Å². The Morgan fingerprint density at radius 3 is 2.25 bits per heavy atom. The molecule has 1 saturated carbocycles. The number of carbonyl (C=O) groups is 3. The van der Waals surface area contributed by atoms with Gasteiger partial charge in [0.2, 0.25) is 0 Å². The minimum absolute atomic E-state index is 0.183. The second kappa shape index (κ2) is 20.9. The number of likely N-dealkylation sites (tertiary alicyclic amines) is 1. The summed E-state index contributed by atoms with van der Waals surface area (Å²) in [6, 6.07) is 13.2. The lowest BCUT2D eigenvalue weighted by Gasteiger charge is -2.33. The fourth-order valence-corrected chi connectivity index (χ4v) is 8.40. The topological polar surface area (TPSA) is 150 Å². The average Bonchev–Trinajstić information content (AvgIpc) is 3.45. The summed E-state index contributed by atoms with van der Waals surface area (Å²) >= 11 is 1.68. The zero-order valence-corrected chi connectivity index (χ0v) is 32.6. The molecule has 2 aromatic carbocycles. The molecule has 2 aromatic rings. The average molecular weight is 747 g/mol. The number of sulfone groups is 1. The third kappa shape index (κ3) is 13.9. The maximum atomic E-state index is 13.5. The molecule has 10 nitrogen and oxygen atoms in total. The maximum Gasteiger partial charge on any atom is 0.326 e. The van der Waals surface area contributed by atoms with Crippen LogP contribution in [0.4, 0.5) is 0 Å². The molecule has 0 aromatic heterocycles. The molecule has 1 aliphatic heterocycles. The van der Waals surface area contributed by atoms with E-state index in [2.05, 4.69) is 16.3 Å². The number of nitrogens with one attached hydrogen (secondary N) is 1. The van der Waals surface area contributed by atoms with Crippen LogP contribution in [0.3, 0.4) is 0 Å². The SMILES string of the molecule is COC[C@H]1CCC(CC2CCCCC2)N1Cc1ccc(C(=O)NC(CCS(C)(=O)=O)C(=O)O)c(-c2ccccc2C)c1.CSCCC(C)C(=O)O. The standard InChI is InChI=1S/C33H46N2O6S.C6H12O2S/c1-23-9-7-8-12-28(23)30-20-25(13-16-29(30)32(36)34-31(33(37)38)17-18-42(3,39)40)21-35-26(14-15-27(35)22-41-2)19-24-10-5-4-6-11-24;1-5(6(7)8)3-4-9-2/h7-9,12-13,16,20,24,26-27,31H,4-6,10-11,14-15,17-19,21-22H2,1-3H3,(H,34,36)(H,37,38);5H,3-4H2,1-2H3,(H,7,8)/t26?,27-,31?;/m1./s1. The second-order valence-electron chi connectivity index (χ2n) is 14.3. The molecule has 284 valence electrons.